The van der Waals surface area contributed by atoms with E-state index in [1.165, 1.54) is 5.01 Å². The number of nitrogens with two attached hydrogens (primary N) is 1. The van der Waals surface area contributed by atoms with E-state index >= 15 is 0 Å². The van der Waals surface area contributed by atoms with E-state index in [1.807, 2.05) is 6.92 Å². The average Bonchev–Trinajstić information content (AvgIpc) is 2.43. The molecule has 1 rings (SSSR count). The summed E-state index contributed by atoms with van der Waals surface area (Å²) in [5.74, 6) is 4.31. The van der Waals surface area contributed by atoms with Crippen molar-refractivity contribution >= 4 is 0 Å². The van der Waals surface area contributed by atoms with Crippen LogP contribution in [0.1, 0.15) is 32.6 Å². The van der Waals surface area contributed by atoms with E-state index in [0.717, 1.165) is 19.3 Å². The molecule has 0 aliphatic carbocycles. The van der Waals surface area contributed by atoms with Crippen molar-refractivity contribution in [2.24, 2.45) is 11.8 Å². The largest absolute Gasteiger partial charge is 0.393 e. The van der Waals surface area contributed by atoms with E-state index < -0.39 is 12.1 Å². The Morgan fingerprint density at radius 3 is 2.50 bits per heavy atom. The first-order valence-corrected chi connectivity index (χ1v) is 5.03. The zero-order valence-electron chi connectivity index (χ0n) is 8.35. The summed E-state index contributed by atoms with van der Waals surface area (Å²) in [6, 6.07) is -0.0819. The second-order valence-electron chi connectivity index (χ2n) is 3.97. The van der Waals surface area contributed by atoms with Crippen LogP contribution in [0.15, 0.2) is 0 Å². The summed E-state index contributed by atoms with van der Waals surface area (Å²) in [7, 11) is 0. The molecule has 2 N–H and O–H groups in total. The van der Waals surface area contributed by atoms with Crippen LogP contribution in [-0.4, -0.2) is 23.8 Å². The Morgan fingerprint density at radius 1 is 1.43 bits per heavy atom. The first kappa shape index (κ1) is 11.8. The van der Waals surface area contributed by atoms with Gasteiger partial charge in [-0.3, -0.25) is 5.84 Å². The summed E-state index contributed by atoms with van der Waals surface area (Å²) < 4.78 is 37.0. The van der Waals surface area contributed by atoms with Crippen LogP contribution in [0.2, 0.25) is 0 Å². The number of alkyl halides is 3. The fraction of sp³-hybridized carbons (Fsp3) is 1.00. The van der Waals surface area contributed by atoms with Gasteiger partial charge in [-0.2, -0.15) is 13.2 Å². The molecule has 1 heterocycles. The summed E-state index contributed by atoms with van der Waals surface area (Å²) >= 11 is 0. The van der Waals surface area contributed by atoms with Crippen molar-refractivity contribution in [1.82, 2.24) is 5.01 Å². The van der Waals surface area contributed by atoms with Crippen LogP contribution in [0.5, 0.6) is 0 Å². The average molecular weight is 210 g/mol. The minimum Gasteiger partial charge on any atom is -0.269 e. The van der Waals surface area contributed by atoms with Crippen molar-refractivity contribution in [1.29, 1.82) is 0 Å². The highest BCUT2D eigenvalue weighted by molar-refractivity contribution is 4.85. The third-order valence-corrected chi connectivity index (χ3v) is 2.81. The number of hydrogen-bond acceptors (Lipinski definition) is 2. The van der Waals surface area contributed by atoms with Crippen LogP contribution in [0.3, 0.4) is 0 Å². The van der Waals surface area contributed by atoms with Crippen LogP contribution >= 0.6 is 0 Å². The Hall–Kier alpha value is -0.290. The second kappa shape index (κ2) is 4.49. The quantitative estimate of drug-likeness (QED) is 0.724. The summed E-state index contributed by atoms with van der Waals surface area (Å²) in [5.41, 5.74) is 0. The Balaban J connectivity index is 2.43. The predicted molar refractivity (Wildman–Crippen MR) is 48.4 cm³/mol. The van der Waals surface area contributed by atoms with E-state index in [-0.39, 0.29) is 19.0 Å². The van der Waals surface area contributed by atoms with E-state index in [4.69, 9.17) is 5.84 Å². The fourth-order valence-corrected chi connectivity index (χ4v) is 1.90. The number of hydrazine groups is 1. The Kier molecular flexibility index (Phi) is 3.78. The highest BCUT2D eigenvalue weighted by Crippen LogP contribution is 2.36. The maximum absolute atomic E-state index is 12.3. The van der Waals surface area contributed by atoms with E-state index in [0.29, 0.717) is 0 Å². The van der Waals surface area contributed by atoms with Crippen LogP contribution in [-0.2, 0) is 0 Å². The molecule has 0 aromatic rings. The monoisotopic (exact) mass is 210 g/mol. The first-order valence-electron chi connectivity index (χ1n) is 5.03. The third-order valence-electron chi connectivity index (χ3n) is 2.81. The Bertz CT molecular complexity index is 181. The minimum absolute atomic E-state index is 0.0438. The van der Waals surface area contributed by atoms with Crippen molar-refractivity contribution in [3.63, 3.8) is 0 Å². The molecule has 2 nitrogen and oxygen atoms in total. The van der Waals surface area contributed by atoms with Crippen molar-refractivity contribution in [2.75, 3.05) is 6.54 Å². The lowest BCUT2D eigenvalue weighted by atomic mass is 10.0. The molecule has 0 aromatic heterocycles. The minimum atomic E-state index is -4.08. The molecule has 5 heteroatoms. The van der Waals surface area contributed by atoms with Gasteiger partial charge in [0.05, 0.1) is 5.92 Å². The lowest BCUT2D eigenvalue weighted by Gasteiger charge is -2.17. The molecule has 2 atom stereocenters. The van der Waals surface area contributed by atoms with Crippen LogP contribution in [0.4, 0.5) is 13.2 Å². The number of rotatable bonds is 3. The zero-order chi connectivity index (χ0) is 10.8. The predicted octanol–water partition coefficient (Wildman–Crippen LogP) is 2.30. The molecule has 1 aliphatic rings. The van der Waals surface area contributed by atoms with Gasteiger partial charge in [-0.15, -0.1) is 0 Å². The first-order chi connectivity index (χ1) is 6.45. The number of nitrogens with zero attached hydrogens (tertiary/aromatic N) is 1. The maximum atomic E-state index is 12.3. The van der Waals surface area contributed by atoms with Gasteiger partial charge >= 0.3 is 6.18 Å². The normalized spacial score (nSPS) is 29.8. The van der Waals surface area contributed by atoms with Gasteiger partial charge in [-0.1, -0.05) is 19.8 Å². The highest BCUT2D eigenvalue weighted by atomic mass is 19.4. The van der Waals surface area contributed by atoms with Gasteiger partial charge in [0.25, 0.3) is 0 Å². The van der Waals surface area contributed by atoms with Gasteiger partial charge in [-0.25, -0.2) is 5.01 Å². The van der Waals surface area contributed by atoms with Gasteiger partial charge in [-0.05, 0) is 12.8 Å². The van der Waals surface area contributed by atoms with Crippen molar-refractivity contribution < 1.29 is 13.2 Å². The van der Waals surface area contributed by atoms with Crippen LogP contribution < -0.4 is 5.84 Å². The number of hydrogen-bond donors (Lipinski definition) is 1. The Labute approximate surface area is 82.2 Å². The van der Waals surface area contributed by atoms with Crippen molar-refractivity contribution in [3.8, 4) is 0 Å². The topological polar surface area (TPSA) is 29.3 Å². The van der Waals surface area contributed by atoms with E-state index in [2.05, 4.69) is 0 Å². The smallest absolute Gasteiger partial charge is 0.269 e. The molecule has 0 saturated carbocycles. The fourth-order valence-electron chi connectivity index (χ4n) is 1.90. The number of halogens is 3. The van der Waals surface area contributed by atoms with Gasteiger partial charge < -0.3 is 0 Å². The van der Waals surface area contributed by atoms with Crippen LogP contribution in [0.25, 0.3) is 0 Å². The molecule has 1 aliphatic heterocycles. The van der Waals surface area contributed by atoms with E-state index in [1.54, 1.807) is 0 Å². The van der Waals surface area contributed by atoms with Gasteiger partial charge in [0, 0.05) is 12.6 Å². The molecular formula is C9H17F3N2. The lowest BCUT2D eigenvalue weighted by Crippen LogP contribution is -2.36. The molecule has 0 radical (unpaired) electrons. The summed E-state index contributed by atoms with van der Waals surface area (Å²) in [5, 5.41) is 1.35. The molecule has 0 amide bonds. The molecule has 14 heavy (non-hydrogen) atoms. The van der Waals surface area contributed by atoms with E-state index in [9.17, 15) is 13.2 Å². The van der Waals surface area contributed by atoms with Gasteiger partial charge in [0.1, 0.15) is 0 Å². The second-order valence-corrected chi connectivity index (χ2v) is 3.97. The van der Waals surface area contributed by atoms with Crippen molar-refractivity contribution in [2.45, 2.75) is 44.8 Å². The molecule has 1 fully saturated rings. The molecule has 1 saturated heterocycles. The highest BCUT2D eigenvalue weighted by Gasteiger charge is 2.46. The molecule has 2 unspecified atom stereocenters. The molecule has 84 valence electrons. The molecule has 0 aromatic carbocycles. The maximum Gasteiger partial charge on any atom is 0.393 e. The lowest BCUT2D eigenvalue weighted by molar-refractivity contribution is -0.170. The standard InChI is InChI=1S/C9H17F3N2/c1-2-3-4-8-5-7(6-14(8)13)9(10,11)12/h7-8H,2-6,13H2,1H3. The van der Waals surface area contributed by atoms with Gasteiger partial charge in [0.15, 0.2) is 0 Å². The number of unbranched alkanes of at least 4 members (excludes halogenated alkanes) is 1. The summed E-state index contributed by atoms with van der Waals surface area (Å²) in [6.07, 6.45) is -1.19. The van der Waals surface area contributed by atoms with Crippen molar-refractivity contribution in [3.05, 3.63) is 0 Å². The van der Waals surface area contributed by atoms with Gasteiger partial charge in [0.2, 0.25) is 0 Å². The van der Waals surface area contributed by atoms with Crippen LogP contribution in [0, 0.1) is 5.92 Å². The molecule has 0 spiro atoms. The zero-order valence-corrected chi connectivity index (χ0v) is 8.35. The summed E-state index contributed by atoms with van der Waals surface area (Å²) in [4.78, 5) is 0. The SMILES string of the molecule is CCCCC1CC(C(F)(F)F)CN1N. The third kappa shape index (κ3) is 2.85. The summed E-state index contributed by atoms with van der Waals surface area (Å²) in [6.45, 7) is 1.98. The Morgan fingerprint density at radius 2 is 2.07 bits per heavy atom. The molecule has 0 bridgehead atoms. The molecular weight excluding hydrogens is 193 g/mol.